The van der Waals surface area contributed by atoms with E-state index < -0.39 is 6.67 Å². The minimum atomic E-state index is -0.431. The maximum atomic E-state index is 12.4. The van der Waals surface area contributed by atoms with Crippen molar-refractivity contribution in [3.05, 3.63) is 53.6 Å². The summed E-state index contributed by atoms with van der Waals surface area (Å²) in [5.41, 5.74) is 2.82. The van der Waals surface area contributed by atoms with Crippen LogP contribution in [-0.2, 0) is 6.67 Å². The van der Waals surface area contributed by atoms with E-state index in [0.717, 1.165) is 16.1 Å². The third kappa shape index (κ3) is 2.04. The number of hydrogen-bond donors (Lipinski definition) is 2. The van der Waals surface area contributed by atoms with Gasteiger partial charge in [0.2, 0.25) is 0 Å². The van der Waals surface area contributed by atoms with Crippen molar-refractivity contribution >= 4 is 17.4 Å². The van der Waals surface area contributed by atoms with E-state index in [1.165, 1.54) is 0 Å². The molecule has 1 aliphatic rings. The highest BCUT2D eigenvalue weighted by atomic mass is 32.2. The zero-order chi connectivity index (χ0) is 12.5. The fourth-order valence-corrected chi connectivity index (χ4v) is 3.13. The average Bonchev–Trinajstić information content (AvgIpc) is 2.81. The first-order valence-electron chi connectivity index (χ1n) is 5.67. The SMILES string of the molecule is Oc1ccc2c(c1)SC(c1ccc(CF)cc1)N2. The van der Waals surface area contributed by atoms with E-state index in [0.29, 0.717) is 5.56 Å². The summed E-state index contributed by atoms with van der Waals surface area (Å²) in [5, 5.41) is 12.9. The topological polar surface area (TPSA) is 32.3 Å². The van der Waals surface area contributed by atoms with E-state index >= 15 is 0 Å². The standard InChI is InChI=1S/C14H12FNOS/c15-8-9-1-3-10(4-2-9)14-16-12-6-5-11(17)7-13(12)18-14/h1-7,14,16-17H,8H2. The normalized spacial score (nSPS) is 17.3. The molecule has 0 spiro atoms. The molecule has 0 radical (unpaired) electrons. The van der Waals surface area contributed by atoms with Crippen molar-refractivity contribution < 1.29 is 9.50 Å². The minimum Gasteiger partial charge on any atom is -0.508 e. The lowest BCUT2D eigenvalue weighted by Crippen LogP contribution is -2.00. The molecule has 2 N–H and O–H groups in total. The monoisotopic (exact) mass is 261 g/mol. The maximum Gasteiger partial charge on any atom is 0.116 e. The molecule has 1 heterocycles. The van der Waals surface area contributed by atoms with E-state index in [1.807, 2.05) is 18.2 Å². The second-order valence-electron chi connectivity index (χ2n) is 4.20. The van der Waals surface area contributed by atoms with E-state index in [4.69, 9.17) is 0 Å². The number of benzene rings is 2. The lowest BCUT2D eigenvalue weighted by atomic mass is 10.1. The van der Waals surface area contributed by atoms with Crippen LogP contribution >= 0.6 is 11.8 Å². The van der Waals surface area contributed by atoms with Gasteiger partial charge in [-0.05, 0) is 29.3 Å². The van der Waals surface area contributed by atoms with E-state index in [2.05, 4.69) is 5.32 Å². The van der Waals surface area contributed by atoms with Gasteiger partial charge in [0.05, 0.1) is 0 Å². The first-order valence-corrected chi connectivity index (χ1v) is 6.55. The molecule has 0 aliphatic carbocycles. The largest absolute Gasteiger partial charge is 0.508 e. The summed E-state index contributed by atoms with van der Waals surface area (Å²) in [4.78, 5) is 1.04. The fourth-order valence-electron chi connectivity index (χ4n) is 1.96. The minimum absolute atomic E-state index is 0.121. The molecule has 18 heavy (non-hydrogen) atoms. The Hall–Kier alpha value is -1.68. The van der Waals surface area contributed by atoms with E-state index in [1.54, 1.807) is 36.0 Å². The second kappa shape index (κ2) is 4.53. The zero-order valence-electron chi connectivity index (χ0n) is 9.56. The summed E-state index contributed by atoms with van der Waals surface area (Å²) >= 11 is 1.65. The molecular weight excluding hydrogens is 249 g/mol. The van der Waals surface area contributed by atoms with Gasteiger partial charge in [0, 0.05) is 10.6 Å². The van der Waals surface area contributed by atoms with Gasteiger partial charge in [-0.25, -0.2) is 4.39 Å². The van der Waals surface area contributed by atoms with Crippen LogP contribution in [0.25, 0.3) is 0 Å². The lowest BCUT2D eigenvalue weighted by Gasteiger charge is -2.10. The quantitative estimate of drug-likeness (QED) is 0.799. The molecule has 0 bridgehead atoms. The molecule has 0 fully saturated rings. The number of rotatable bonds is 2. The van der Waals surface area contributed by atoms with Crippen molar-refractivity contribution in [1.82, 2.24) is 0 Å². The van der Waals surface area contributed by atoms with Crippen LogP contribution in [0.2, 0.25) is 0 Å². The van der Waals surface area contributed by atoms with Gasteiger partial charge in [-0.1, -0.05) is 36.0 Å². The first-order chi connectivity index (χ1) is 8.76. The molecule has 0 saturated heterocycles. The summed E-state index contributed by atoms with van der Waals surface area (Å²) in [6.07, 6.45) is 0. The van der Waals surface area contributed by atoms with Gasteiger partial charge in [0.15, 0.2) is 0 Å². The summed E-state index contributed by atoms with van der Waals surface area (Å²) in [6, 6.07) is 12.8. The van der Waals surface area contributed by atoms with Crippen LogP contribution in [0.15, 0.2) is 47.4 Å². The molecule has 0 aromatic heterocycles. The van der Waals surface area contributed by atoms with Gasteiger partial charge in [-0.15, -0.1) is 0 Å². The third-order valence-corrected chi connectivity index (χ3v) is 4.15. The number of nitrogens with one attached hydrogen (secondary N) is 1. The molecule has 3 rings (SSSR count). The van der Waals surface area contributed by atoms with Crippen molar-refractivity contribution in [2.24, 2.45) is 0 Å². The molecule has 1 atom stereocenters. The average molecular weight is 261 g/mol. The fraction of sp³-hybridized carbons (Fsp3) is 0.143. The van der Waals surface area contributed by atoms with Gasteiger partial charge in [-0.3, -0.25) is 0 Å². The predicted molar refractivity (Wildman–Crippen MR) is 71.6 cm³/mol. The number of phenols is 1. The van der Waals surface area contributed by atoms with Crippen molar-refractivity contribution in [2.45, 2.75) is 16.9 Å². The molecule has 2 nitrogen and oxygen atoms in total. The highest BCUT2D eigenvalue weighted by Gasteiger charge is 2.22. The molecule has 1 unspecified atom stereocenters. The van der Waals surface area contributed by atoms with Gasteiger partial charge in [0.1, 0.15) is 17.8 Å². The highest BCUT2D eigenvalue weighted by molar-refractivity contribution is 8.00. The van der Waals surface area contributed by atoms with Crippen LogP contribution in [0.3, 0.4) is 0 Å². The number of thioether (sulfide) groups is 1. The number of aromatic hydroxyl groups is 1. The van der Waals surface area contributed by atoms with Crippen LogP contribution < -0.4 is 5.32 Å². The Balaban J connectivity index is 1.84. The maximum absolute atomic E-state index is 12.4. The number of alkyl halides is 1. The number of hydrogen-bond acceptors (Lipinski definition) is 3. The number of halogens is 1. The molecule has 2 aromatic rings. The van der Waals surface area contributed by atoms with Crippen molar-refractivity contribution in [3.63, 3.8) is 0 Å². The number of phenolic OH excluding ortho intramolecular Hbond substituents is 1. The van der Waals surface area contributed by atoms with Gasteiger partial charge < -0.3 is 10.4 Å². The van der Waals surface area contributed by atoms with Gasteiger partial charge >= 0.3 is 0 Å². The summed E-state index contributed by atoms with van der Waals surface area (Å²) in [6.45, 7) is -0.431. The summed E-state index contributed by atoms with van der Waals surface area (Å²) in [7, 11) is 0. The number of anilines is 1. The Morgan fingerprint density at radius 2 is 1.94 bits per heavy atom. The summed E-state index contributed by atoms with van der Waals surface area (Å²) < 4.78 is 12.4. The highest BCUT2D eigenvalue weighted by Crippen LogP contribution is 2.47. The molecule has 4 heteroatoms. The Morgan fingerprint density at radius 1 is 1.17 bits per heavy atom. The number of fused-ring (bicyclic) bond motifs is 1. The van der Waals surface area contributed by atoms with Crippen molar-refractivity contribution in [1.29, 1.82) is 0 Å². The first kappa shape index (κ1) is 11.4. The van der Waals surface area contributed by atoms with Crippen LogP contribution in [0.1, 0.15) is 16.5 Å². The molecule has 2 aromatic carbocycles. The van der Waals surface area contributed by atoms with Crippen molar-refractivity contribution in [2.75, 3.05) is 5.32 Å². The lowest BCUT2D eigenvalue weighted by molar-refractivity contribution is 0.474. The smallest absolute Gasteiger partial charge is 0.116 e. The van der Waals surface area contributed by atoms with Gasteiger partial charge in [-0.2, -0.15) is 0 Å². The zero-order valence-corrected chi connectivity index (χ0v) is 10.4. The van der Waals surface area contributed by atoms with Crippen LogP contribution in [0.5, 0.6) is 5.75 Å². The Labute approximate surface area is 109 Å². The predicted octanol–water partition coefficient (Wildman–Crippen LogP) is 4.08. The Morgan fingerprint density at radius 3 is 2.67 bits per heavy atom. The van der Waals surface area contributed by atoms with E-state index in [-0.39, 0.29) is 11.1 Å². The van der Waals surface area contributed by atoms with Crippen LogP contribution in [0, 0.1) is 0 Å². The van der Waals surface area contributed by atoms with Crippen LogP contribution in [0.4, 0.5) is 10.1 Å². The van der Waals surface area contributed by atoms with E-state index in [9.17, 15) is 9.50 Å². The molecule has 0 saturated carbocycles. The molecular formula is C14H12FNOS. The van der Waals surface area contributed by atoms with Crippen LogP contribution in [-0.4, -0.2) is 5.11 Å². The second-order valence-corrected chi connectivity index (χ2v) is 5.34. The van der Waals surface area contributed by atoms with Crippen molar-refractivity contribution in [3.8, 4) is 5.75 Å². The Kier molecular flexibility index (Phi) is 2.88. The molecule has 0 amide bonds. The van der Waals surface area contributed by atoms with Gasteiger partial charge in [0.25, 0.3) is 0 Å². The summed E-state index contributed by atoms with van der Waals surface area (Å²) in [5.74, 6) is 0.275. The molecule has 1 aliphatic heterocycles. The molecule has 92 valence electrons. The third-order valence-electron chi connectivity index (χ3n) is 2.93. The Bertz CT molecular complexity index is 571.